The van der Waals surface area contributed by atoms with E-state index < -0.39 is 17.9 Å². The summed E-state index contributed by atoms with van der Waals surface area (Å²) in [4.78, 5) is 23.4. The smallest absolute Gasteiger partial charge is 0.320 e. The summed E-state index contributed by atoms with van der Waals surface area (Å²) in [5.74, 6) is -1.85. The largest absolute Gasteiger partial charge is 0.469 e. The number of ether oxygens (including phenoxy) is 2. The number of rotatable bonds is 6. The number of nitrogens with zero attached hydrogens (tertiary/aromatic N) is 1. The molecule has 0 aliphatic carbocycles. The van der Waals surface area contributed by atoms with Crippen LogP contribution in [0.2, 0.25) is 0 Å². The Kier molecular flexibility index (Phi) is 7.42. The fraction of sp³-hybridized carbons (Fsp3) is 0.727. The zero-order valence-electron chi connectivity index (χ0n) is 11.1. The molecule has 0 aromatic rings. The van der Waals surface area contributed by atoms with Gasteiger partial charge in [0.05, 0.1) is 46.5 Å². The molecule has 0 rings (SSSR count). The lowest BCUT2D eigenvalue weighted by Crippen LogP contribution is -2.49. The van der Waals surface area contributed by atoms with Gasteiger partial charge in [-0.3, -0.25) is 9.59 Å². The number of quaternary nitrogens is 1. The van der Waals surface area contributed by atoms with Crippen molar-refractivity contribution in [3.63, 3.8) is 0 Å². The molecule has 1 atom stereocenters. The summed E-state index contributed by atoms with van der Waals surface area (Å²) in [6.07, 6.45) is -0.122. The van der Waals surface area contributed by atoms with E-state index in [1.165, 1.54) is 14.2 Å². The van der Waals surface area contributed by atoms with Gasteiger partial charge in [0.2, 0.25) is 4.99 Å². The predicted octanol–water partition coefficient (Wildman–Crippen LogP) is 1.37. The average molecular weight is 294 g/mol. The monoisotopic (exact) mass is 294 g/mol. The quantitative estimate of drug-likeness (QED) is 0.347. The molecule has 18 heavy (non-hydrogen) atoms. The topological polar surface area (TPSA) is 52.6 Å². The molecular formula is C11H20NO4S2+. The predicted molar refractivity (Wildman–Crippen MR) is 75.1 cm³/mol. The number of thiol groups is 1. The first kappa shape index (κ1) is 17.3. The molecule has 7 heteroatoms. The van der Waals surface area contributed by atoms with E-state index in [9.17, 15) is 9.59 Å². The Morgan fingerprint density at radius 2 is 1.72 bits per heavy atom. The Morgan fingerprint density at radius 1 is 1.22 bits per heavy atom. The highest BCUT2D eigenvalue weighted by Gasteiger charge is 2.39. The Morgan fingerprint density at radius 3 is 2.06 bits per heavy atom. The van der Waals surface area contributed by atoms with Crippen LogP contribution in [-0.4, -0.2) is 48.1 Å². The van der Waals surface area contributed by atoms with E-state index in [1.807, 2.05) is 13.8 Å². The van der Waals surface area contributed by atoms with Crippen molar-refractivity contribution in [1.29, 1.82) is 0 Å². The Balaban J connectivity index is 5.13. The fourth-order valence-electron chi connectivity index (χ4n) is 1.49. The third kappa shape index (κ3) is 4.22. The van der Waals surface area contributed by atoms with Crippen LogP contribution in [0.5, 0.6) is 0 Å². The average Bonchev–Trinajstić information content (AvgIpc) is 2.41. The number of carbonyl (C=O) groups is 2. The van der Waals surface area contributed by atoms with Crippen molar-refractivity contribution in [2.75, 3.05) is 27.3 Å². The molecule has 0 N–H and O–H groups in total. The first-order valence-electron chi connectivity index (χ1n) is 5.65. The van der Waals surface area contributed by atoms with Gasteiger partial charge in [0.25, 0.3) is 0 Å². The molecule has 0 aliphatic rings. The van der Waals surface area contributed by atoms with E-state index >= 15 is 0 Å². The summed E-state index contributed by atoms with van der Waals surface area (Å²) >= 11 is 9.78. The molecule has 0 aromatic heterocycles. The van der Waals surface area contributed by atoms with E-state index in [2.05, 4.69) is 22.3 Å². The van der Waals surface area contributed by atoms with Crippen LogP contribution >= 0.6 is 25.0 Å². The van der Waals surface area contributed by atoms with Crippen LogP contribution in [-0.2, 0) is 19.1 Å². The third-order valence-corrected chi connectivity index (χ3v) is 4.39. The van der Waals surface area contributed by atoms with Crippen molar-refractivity contribution in [3.05, 3.63) is 0 Å². The van der Waals surface area contributed by atoms with Crippen molar-refractivity contribution in [2.24, 2.45) is 5.92 Å². The second kappa shape index (κ2) is 7.70. The second-order valence-electron chi connectivity index (χ2n) is 3.75. The van der Waals surface area contributed by atoms with Gasteiger partial charge in [0.1, 0.15) is 0 Å². The molecule has 0 aromatic carbocycles. The summed E-state index contributed by atoms with van der Waals surface area (Å²) in [5.41, 5.74) is 0. The highest BCUT2D eigenvalue weighted by atomic mass is 32.1. The van der Waals surface area contributed by atoms with Crippen molar-refractivity contribution in [2.45, 2.75) is 20.3 Å². The van der Waals surface area contributed by atoms with Gasteiger partial charge in [0.15, 0.2) is 5.92 Å². The molecule has 0 saturated heterocycles. The standard InChI is InChI=1S/C11H20NO4S2/c1-5-12(18,6-2)10(17)8(11(14)16-4)7-9(13)15-3/h8,18H,5-7H2,1-4H3/q+1. The van der Waals surface area contributed by atoms with E-state index in [0.717, 1.165) is 0 Å². The van der Waals surface area contributed by atoms with Gasteiger partial charge in [-0.2, -0.15) is 0 Å². The lowest BCUT2D eigenvalue weighted by molar-refractivity contribution is -0.689. The molecule has 0 aliphatic heterocycles. The van der Waals surface area contributed by atoms with Crippen LogP contribution in [0.3, 0.4) is 0 Å². The number of methoxy groups -OCH3 is 2. The van der Waals surface area contributed by atoms with Crippen LogP contribution < -0.4 is 0 Å². The molecule has 0 saturated carbocycles. The van der Waals surface area contributed by atoms with Crippen molar-refractivity contribution < 1.29 is 23.0 Å². The maximum atomic E-state index is 11.7. The summed E-state index contributed by atoms with van der Waals surface area (Å²) in [6, 6.07) is 0. The molecule has 5 nitrogen and oxygen atoms in total. The number of thiocarbonyl (C=S) groups is 1. The fourth-order valence-corrected chi connectivity index (χ4v) is 2.07. The van der Waals surface area contributed by atoms with Crippen molar-refractivity contribution in [3.8, 4) is 0 Å². The maximum absolute atomic E-state index is 11.7. The first-order valence-corrected chi connectivity index (χ1v) is 6.45. The van der Waals surface area contributed by atoms with Crippen LogP contribution in [0.25, 0.3) is 0 Å². The van der Waals surface area contributed by atoms with Gasteiger partial charge in [-0.25, -0.2) is 3.89 Å². The van der Waals surface area contributed by atoms with E-state index in [4.69, 9.17) is 12.2 Å². The van der Waals surface area contributed by atoms with Gasteiger partial charge in [-0.1, -0.05) is 0 Å². The zero-order valence-corrected chi connectivity index (χ0v) is 12.8. The van der Waals surface area contributed by atoms with Crippen LogP contribution in [0.15, 0.2) is 0 Å². The minimum absolute atomic E-state index is 0.122. The van der Waals surface area contributed by atoms with Crippen LogP contribution in [0.4, 0.5) is 0 Å². The molecule has 1 unspecified atom stereocenters. The van der Waals surface area contributed by atoms with E-state index in [0.29, 0.717) is 18.1 Å². The molecule has 0 bridgehead atoms. The number of hydrogen-bond acceptors (Lipinski definition) is 6. The number of esters is 2. The van der Waals surface area contributed by atoms with Crippen molar-refractivity contribution >= 4 is 42.0 Å². The molecule has 0 heterocycles. The number of hydrogen-bond donors (Lipinski definition) is 1. The molecular weight excluding hydrogens is 274 g/mol. The minimum Gasteiger partial charge on any atom is -0.469 e. The Bertz CT molecular complexity index is 329. The Labute approximate surface area is 119 Å². The highest BCUT2D eigenvalue weighted by molar-refractivity contribution is 7.82. The normalized spacial score (nSPS) is 12.7. The summed E-state index contributed by atoms with van der Waals surface area (Å²) in [7, 11) is 2.53. The van der Waals surface area contributed by atoms with Crippen molar-refractivity contribution in [1.82, 2.24) is 0 Å². The van der Waals surface area contributed by atoms with Crippen LogP contribution in [0, 0.1) is 5.92 Å². The maximum Gasteiger partial charge on any atom is 0.320 e. The lowest BCUT2D eigenvalue weighted by Gasteiger charge is -2.31. The zero-order chi connectivity index (χ0) is 14.3. The Hall–Kier alpha value is -0.660. The van der Waals surface area contributed by atoms with Gasteiger partial charge in [-0.15, -0.1) is 0 Å². The van der Waals surface area contributed by atoms with E-state index in [1.54, 1.807) is 0 Å². The summed E-state index contributed by atoms with van der Waals surface area (Å²) in [5, 5.41) is 0. The number of carbonyl (C=O) groups excluding carboxylic acids is 2. The summed E-state index contributed by atoms with van der Waals surface area (Å²) in [6.45, 7) is 5.06. The van der Waals surface area contributed by atoms with Gasteiger partial charge in [0, 0.05) is 0 Å². The van der Waals surface area contributed by atoms with Gasteiger partial charge in [-0.05, 0) is 26.1 Å². The SMILES string of the molecule is CC[N+](S)(CC)C(=S)C(CC(=O)OC)C(=O)OC. The molecule has 0 fully saturated rings. The molecule has 104 valence electrons. The van der Waals surface area contributed by atoms with Gasteiger partial charge >= 0.3 is 11.9 Å². The molecule has 0 spiro atoms. The third-order valence-electron chi connectivity index (χ3n) is 2.84. The van der Waals surface area contributed by atoms with Gasteiger partial charge < -0.3 is 9.47 Å². The van der Waals surface area contributed by atoms with E-state index in [-0.39, 0.29) is 10.3 Å². The molecule has 0 radical (unpaired) electrons. The molecule has 0 amide bonds. The lowest BCUT2D eigenvalue weighted by atomic mass is 10.0. The summed E-state index contributed by atoms with van der Waals surface area (Å²) < 4.78 is 9.40. The first-order chi connectivity index (χ1) is 8.36. The highest BCUT2D eigenvalue weighted by Crippen LogP contribution is 2.22. The second-order valence-corrected chi connectivity index (χ2v) is 4.93. The minimum atomic E-state index is -0.810. The van der Waals surface area contributed by atoms with Crippen LogP contribution in [0.1, 0.15) is 20.3 Å².